The molecule has 11 heteroatoms. The lowest BCUT2D eigenvalue weighted by Gasteiger charge is -2.17. The van der Waals surface area contributed by atoms with E-state index < -0.39 is 48.4 Å². The second-order valence-electron chi connectivity index (χ2n) is 4.07. The summed E-state index contributed by atoms with van der Waals surface area (Å²) in [6, 6.07) is -1.30. The number of ether oxygens (including phenoxy) is 1. The summed E-state index contributed by atoms with van der Waals surface area (Å²) in [6.45, 7) is -0.606. The predicted molar refractivity (Wildman–Crippen MR) is 60.4 cm³/mol. The maximum absolute atomic E-state index is 13.5. The van der Waals surface area contributed by atoms with Crippen molar-refractivity contribution in [2.75, 3.05) is 12.1 Å². The van der Waals surface area contributed by atoms with Crippen molar-refractivity contribution in [3.05, 3.63) is 27.4 Å². The highest BCUT2D eigenvalue weighted by Gasteiger charge is 2.46. The Hall–Kier alpha value is -1.95. The number of rotatable bonds is 4. The molecule has 0 amide bonds. The van der Waals surface area contributed by atoms with Crippen LogP contribution in [0.2, 0.25) is 0 Å². The highest BCUT2D eigenvalue weighted by Crippen LogP contribution is 2.30. The van der Waals surface area contributed by atoms with E-state index in [9.17, 15) is 19.2 Å². The fourth-order valence-corrected chi connectivity index (χ4v) is 1.95. The summed E-state index contributed by atoms with van der Waals surface area (Å²) in [5.74, 6) is -1.77. The van der Waals surface area contributed by atoms with E-state index in [1.807, 2.05) is 0 Å². The molecule has 0 bridgehead atoms. The molecule has 0 saturated carbocycles. The second-order valence-corrected chi connectivity index (χ2v) is 4.07. The van der Waals surface area contributed by atoms with Gasteiger partial charge in [-0.15, -0.1) is 0 Å². The number of nitrogens with one attached hydrogen (secondary N) is 1. The lowest BCUT2D eigenvalue weighted by Crippen LogP contribution is -2.35. The summed E-state index contributed by atoms with van der Waals surface area (Å²) in [5, 5.41) is 30.0. The van der Waals surface area contributed by atoms with E-state index in [0.29, 0.717) is 10.8 Å². The third-order valence-corrected chi connectivity index (χ3v) is 2.93. The lowest BCUT2D eigenvalue weighted by molar-refractivity contribution is -0.0535. The van der Waals surface area contributed by atoms with Crippen molar-refractivity contribution in [3.63, 3.8) is 0 Å². The van der Waals surface area contributed by atoms with Crippen LogP contribution in [0.3, 0.4) is 0 Å². The maximum atomic E-state index is 13.5. The zero-order valence-electron chi connectivity index (χ0n) is 9.88. The first-order chi connectivity index (χ1) is 9.53. The third kappa shape index (κ3) is 2.27. The molecule has 4 atom stereocenters. The van der Waals surface area contributed by atoms with Crippen molar-refractivity contribution in [2.45, 2.75) is 24.5 Å². The van der Waals surface area contributed by atoms with Crippen LogP contribution in [0.4, 0.5) is 10.2 Å². The molecular formula is C9H11FN4O6. The van der Waals surface area contributed by atoms with Crippen molar-refractivity contribution in [2.24, 2.45) is 5.18 Å². The van der Waals surface area contributed by atoms with Crippen molar-refractivity contribution < 1.29 is 24.5 Å². The summed E-state index contributed by atoms with van der Waals surface area (Å²) in [5.41, 5.74) is 0.362. The van der Waals surface area contributed by atoms with Crippen LogP contribution in [0.15, 0.2) is 16.2 Å². The van der Waals surface area contributed by atoms with Crippen molar-refractivity contribution in [3.8, 4) is 0 Å². The van der Waals surface area contributed by atoms with Crippen LogP contribution < -0.4 is 11.2 Å². The van der Waals surface area contributed by atoms with Gasteiger partial charge in [-0.1, -0.05) is 5.18 Å². The summed E-state index contributed by atoms with van der Waals surface area (Å²) < 4.78 is 19.2. The Bertz CT molecular complexity index is 566. The van der Waals surface area contributed by atoms with E-state index in [-0.39, 0.29) is 0 Å². The predicted octanol–water partition coefficient (Wildman–Crippen LogP) is -1.43. The minimum Gasteiger partial charge on any atom is -0.394 e. The molecule has 1 aromatic heterocycles. The van der Waals surface area contributed by atoms with E-state index >= 15 is 0 Å². The second kappa shape index (κ2) is 5.58. The average molecular weight is 290 g/mol. The topological polar surface area (TPSA) is 146 Å². The molecule has 0 radical (unpaired) electrons. The van der Waals surface area contributed by atoms with Gasteiger partial charge >= 0.3 is 5.69 Å². The molecule has 1 saturated heterocycles. The standard InChI is InChI=1S/C9H11FN4O6/c10-3-1-14(9(17)11-7(3)13-19)8-6(16)5(12-18)4(2-15)20-8/h1,4-6,8,15-16,19H,2H2,(H,11,13,17). The number of nitrogens with zero attached hydrogens (tertiary/aromatic N) is 3. The van der Waals surface area contributed by atoms with Gasteiger partial charge in [-0.25, -0.2) is 14.7 Å². The van der Waals surface area contributed by atoms with Crippen molar-refractivity contribution in [1.29, 1.82) is 0 Å². The van der Waals surface area contributed by atoms with Gasteiger partial charge in [-0.05, 0) is 0 Å². The van der Waals surface area contributed by atoms with Gasteiger partial charge in [0.2, 0.25) is 0 Å². The van der Waals surface area contributed by atoms with E-state index in [1.165, 1.54) is 5.48 Å². The van der Waals surface area contributed by atoms with E-state index in [1.54, 1.807) is 0 Å². The molecule has 4 N–H and O–H groups in total. The van der Waals surface area contributed by atoms with Gasteiger partial charge in [0.1, 0.15) is 12.2 Å². The summed E-state index contributed by atoms with van der Waals surface area (Å²) in [4.78, 5) is 25.4. The fraction of sp³-hybridized carbons (Fsp3) is 0.556. The molecule has 1 aliphatic rings. The quantitative estimate of drug-likeness (QED) is 0.390. The number of nitroso groups, excluding NO2 is 1. The molecule has 110 valence electrons. The molecule has 0 aromatic carbocycles. The number of anilines is 1. The van der Waals surface area contributed by atoms with Crippen LogP contribution in [0, 0.1) is 10.7 Å². The Morgan fingerprint density at radius 1 is 1.60 bits per heavy atom. The number of aliphatic hydroxyl groups excluding tert-OH is 2. The number of halogens is 1. The Balaban J connectivity index is 2.40. The molecule has 20 heavy (non-hydrogen) atoms. The van der Waals surface area contributed by atoms with Gasteiger partial charge in [0, 0.05) is 0 Å². The first kappa shape index (κ1) is 14.5. The minimum absolute atomic E-state index is 0.606. The normalized spacial score (nSPS) is 29.4. The highest BCUT2D eigenvalue weighted by atomic mass is 19.1. The van der Waals surface area contributed by atoms with Gasteiger partial charge in [0.15, 0.2) is 23.9 Å². The van der Waals surface area contributed by atoms with Crippen LogP contribution >= 0.6 is 0 Å². The molecule has 1 fully saturated rings. The Morgan fingerprint density at radius 2 is 2.30 bits per heavy atom. The SMILES string of the molecule is O=NC1C(CO)OC(n2cc(F)c(NO)nc2=O)C1O. The van der Waals surface area contributed by atoms with Crippen LogP contribution in [0.5, 0.6) is 0 Å². The number of aromatic nitrogens is 2. The van der Waals surface area contributed by atoms with Gasteiger partial charge in [-0.2, -0.15) is 9.89 Å². The monoisotopic (exact) mass is 290 g/mol. The third-order valence-electron chi connectivity index (χ3n) is 2.93. The first-order valence-corrected chi connectivity index (χ1v) is 5.49. The molecule has 0 aliphatic carbocycles. The van der Waals surface area contributed by atoms with Gasteiger partial charge in [0.25, 0.3) is 0 Å². The maximum Gasteiger partial charge on any atom is 0.351 e. The number of hydrogen-bond donors (Lipinski definition) is 4. The Morgan fingerprint density at radius 3 is 2.80 bits per heavy atom. The first-order valence-electron chi connectivity index (χ1n) is 5.49. The van der Waals surface area contributed by atoms with Crippen LogP contribution in [0.1, 0.15) is 6.23 Å². The average Bonchev–Trinajstić information content (AvgIpc) is 2.76. The summed E-state index contributed by atoms with van der Waals surface area (Å²) in [7, 11) is 0. The summed E-state index contributed by atoms with van der Waals surface area (Å²) >= 11 is 0. The molecule has 0 spiro atoms. The number of aliphatic hydroxyl groups is 2. The zero-order chi connectivity index (χ0) is 14.9. The van der Waals surface area contributed by atoms with Gasteiger partial charge in [0.05, 0.1) is 12.8 Å². The van der Waals surface area contributed by atoms with Gasteiger partial charge in [-0.3, -0.25) is 9.77 Å². The molecule has 1 aliphatic heterocycles. The van der Waals surface area contributed by atoms with Crippen molar-refractivity contribution in [1.82, 2.24) is 9.55 Å². The van der Waals surface area contributed by atoms with Crippen LogP contribution in [-0.4, -0.2) is 49.8 Å². The van der Waals surface area contributed by atoms with Crippen molar-refractivity contribution >= 4 is 5.82 Å². The van der Waals surface area contributed by atoms with Crippen LogP contribution in [0.25, 0.3) is 0 Å². The molecule has 10 nitrogen and oxygen atoms in total. The Labute approximate surface area is 110 Å². The number of hydrogen-bond acceptors (Lipinski definition) is 9. The molecule has 2 rings (SSSR count). The Kier molecular flexibility index (Phi) is 4.04. The minimum atomic E-state index is -1.54. The largest absolute Gasteiger partial charge is 0.394 e. The van der Waals surface area contributed by atoms with E-state index in [2.05, 4.69) is 10.2 Å². The zero-order valence-corrected chi connectivity index (χ0v) is 9.88. The van der Waals surface area contributed by atoms with E-state index in [4.69, 9.17) is 15.1 Å². The van der Waals surface area contributed by atoms with E-state index in [0.717, 1.165) is 0 Å². The lowest BCUT2D eigenvalue weighted by atomic mass is 10.1. The van der Waals surface area contributed by atoms with Crippen LogP contribution in [-0.2, 0) is 4.74 Å². The highest BCUT2D eigenvalue weighted by molar-refractivity contribution is 5.30. The fourth-order valence-electron chi connectivity index (χ4n) is 1.95. The smallest absolute Gasteiger partial charge is 0.351 e. The van der Waals surface area contributed by atoms with Gasteiger partial charge < -0.3 is 14.9 Å². The molecule has 4 unspecified atom stereocenters. The molecular weight excluding hydrogens is 279 g/mol. The molecule has 1 aromatic rings. The summed E-state index contributed by atoms with van der Waals surface area (Å²) in [6.07, 6.45) is -3.43. The molecule has 2 heterocycles.